The fourth-order valence-electron chi connectivity index (χ4n) is 3.03. The van der Waals surface area contributed by atoms with Crippen LogP contribution in [0, 0.1) is 13.8 Å². The third-order valence-corrected chi connectivity index (χ3v) is 4.34. The Hall–Kier alpha value is -1.35. The zero-order chi connectivity index (χ0) is 14.0. The molecule has 1 aliphatic heterocycles. The number of quaternary nitrogens is 1. The van der Waals surface area contributed by atoms with Crippen LogP contribution in [0.5, 0.6) is 0 Å². The van der Waals surface area contributed by atoms with E-state index in [4.69, 9.17) is 0 Å². The largest absolute Gasteiger partial charge is 0.320 e. The van der Waals surface area contributed by atoms with Crippen LogP contribution in [-0.2, 0) is 4.79 Å². The molecule has 1 aliphatic rings. The van der Waals surface area contributed by atoms with E-state index in [-0.39, 0.29) is 11.9 Å². The Morgan fingerprint density at radius 3 is 2.42 bits per heavy atom. The predicted octanol–water partition coefficient (Wildman–Crippen LogP) is 2.87. The molecule has 0 saturated carbocycles. The number of anilines is 1. The van der Waals surface area contributed by atoms with Crippen molar-refractivity contribution in [3.63, 3.8) is 0 Å². The summed E-state index contributed by atoms with van der Waals surface area (Å²) in [6.07, 6.45) is 3.37. The molecule has 3 heteroatoms. The van der Waals surface area contributed by atoms with Gasteiger partial charge in [0.05, 0.1) is 20.6 Å². The van der Waals surface area contributed by atoms with Crippen molar-refractivity contribution in [3.8, 4) is 0 Å². The maximum atomic E-state index is 12.6. The topological polar surface area (TPSA) is 29.1 Å². The lowest BCUT2D eigenvalue weighted by molar-refractivity contribution is -0.910. The van der Waals surface area contributed by atoms with Gasteiger partial charge in [0.15, 0.2) is 6.04 Å². The Kier molecular flexibility index (Phi) is 3.95. The highest BCUT2D eigenvalue weighted by atomic mass is 16.2. The normalized spacial score (nSPS) is 22.0. The maximum absolute atomic E-state index is 12.6. The van der Waals surface area contributed by atoms with E-state index < -0.39 is 0 Å². The van der Waals surface area contributed by atoms with Crippen LogP contribution in [0.25, 0.3) is 0 Å². The fourth-order valence-corrected chi connectivity index (χ4v) is 3.03. The second-order valence-corrected chi connectivity index (χ2v) is 6.27. The summed E-state index contributed by atoms with van der Waals surface area (Å²) in [5.41, 5.74) is 3.25. The van der Waals surface area contributed by atoms with Crippen molar-refractivity contribution in [1.82, 2.24) is 0 Å². The molecule has 104 valence electrons. The molecule has 1 unspecified atom stereocenters. The van der Waals surface area contributed by atoms with Crippen molar-refractivity contribution in [2.24, 2.45) is 0 Å². The first-order valence-corrected chi connectivity index (χ1v) is 7.11. The Morgan fingerprint density at radius 1 is 1.21 bits per heavy atom. The van der Waals surface area contributed by atoms with Crippen LogP contribution in [0.1, 0.15) is 30.4 Å². The van der Waals surface area contributed by atoms with Crippen LogP contribution in [0.3, 0.4) is 0 Å². The minimum Gasteiger partial charge on any atom is -0.320 e. The summed E-state index contributed by atoms with van der Waals surface area (Å²) in [5, 5.41) is 3.15. The molecule has 19 heavy (non-hydrogen) atoms. The molecule has 0 radical (unpaired) electrons. The molecule has 1 aromatic rings. The van der Waals surface area contributed by atoms with E-state index in [0.29, 0.717) is 0 Å². The molecular weight excluding hydrogens is 236 g/mol. The van der Waals surface area contributed by atoms with Gasteiger partial charge in [-0.3, -0.25) is 4.79 Å². The molecule has 0 aliphatic carbocycles. The van der Waals surface area contributed by atoms with E-state index in [1.54, 1.807) is 0 Å². The summed E-state index contributed by atoms with van der Waals surface area (Å²) in [4.78, 5) is 12.6. The number of hydrogen-bond acceptors (Lipinski definition) is 1. The zero-order valence-corrected chi connectivity index (χ0v) is 12.5. The van der Waals surface area contributed by atoms with E-state index >= 15 is 0 Å². The van der Waals surface area contributed by atoms with Crippen molar-refractivity contribution in [2.45, 2.75) is 39.2 Å². The van der Waals surface area contributed by atoms with Crippen molar-refractivity contribution < 1.29 is 9.28 Å². The molecule has 1 N–H and O–H groups in total. The molecule has 1 saturated heterocycles. The average molecular weight is 261 g/mol. The molecule has 1 heterocycles. The Labute approximate surface area is 116 Å². The number of amides is 1. The zero-order valence-electron chi connectivity index (χ0n) is 12.5. The quantitative estimate of drug-likeness (QED) is 0.815. The Balaban J connectivity index is 2.17. The van der Waals surface area contributed by atoms with E-state index in [1.165, 1.54) is 6.42 Å². The van der Waals surface area contributed by atoms with Gasteiger partial charge in [-0.2, -0.15) is 0 Å². The van der Waals surface area contributed by atoms with E-state index in [1.807, 2.05) is 32.0 Å². The fraction of sp³-hybridized carbons (Fsp3) is 0.562. The molecule has 1 aromatic carbocycles. The van der Waals surface area contributed by atoms with Crippen LogP contribution < -0.4 is 5.32 Å². The van der Waals surface area contributed by atoms with Gasteiger partial charge in [0.1, 0.15) is 0 Å². The second kappa shape index (κ2) is 5.33. The number of nitrogens with zero attached hydrogens (tertiary/aromatic N) is 1. The van der Waals surface area contributed by atoms with E-state index in [2.05, 4.69) is 19.4 Å². The highest BCUT2D eigenvalue weighted by Gasteiger charge is 2.37. The number of para-hydroxylation sites is 1. The van der Waals surface area contributed by atoms with Gasteiger partial charge in [-0.1, -0.05) is 18.2 Å². The maximum Gasteiger partial charge on any atom is 0.282 e. The predicted molar refractivity (Wildman–Crippen MR) is 79.2 cm³/mol. The highest BCUT2D eigenvalue weighted by Crippen LogP contribution is 2.25. The molecule has 2 rings (SSSR count). The number of benzene rings is 1. The van der Waals surface area contributed by atoms with Gasteiger partial charge in [-0.15, -0.1) is 0 Å². The van der Waals surface area contributed by atoms with Gasteiger partial charge < -0.3 is 9.80 Å². The SMILES string of the molecule is Cc1cccc(C)c1NC(=O)C1CCCC[N+]1(C)C. The standard InChI is InChI=1S/C16H24N2O/c1-12-8-7-9-13(2)15(12)17-16(19)14-10-5-6-11-18(14,3)4/h7-9,14H,5-6,10-11H2,1-4H3/p+1. The third-order valence-electron chi connectivity index (χ3n) is 4.34. The minimum absolute atomic E-state index is 0.0766. The van der Waals surface area contributed by atoms with Crippen LogP contribution in [0.4, 0.5) is 5.69 Å². The molecule has 1 amide bonds. The summed E-state index contributed by atoms with van der Waals surface area (Å²) < 4.78 is 0.802. The molecule has 1 atom stereocenters. The number of nitrogens with one attached hydrogen (secondary N) is 1. The summed E-state index contributed by atoms with van der Waals surface area (Å²) in [7, 11) is 4.32. The first-order valence-electron chi connectivity index (χ1n) is 7.11. The minimum atomic E-state index is 0.0766. The number of likely N-dealkylation sites (N-methyl/N-ethyl adjacent to an activating group) is 1. The van der Waals surface area contributed by atoms with Crippen LogP contribution in [-0.4, -0.2) is 37.1 Å². The third kappa shape index (κ3) is 2.98. The molecule has 0 aromatic heterocycles. The number of hydrogen-bond donors (Lipinski definition) is 1. The lowest BCUT2D eigenvalue weighted by Crippen LogP contribution is -2.57. The molecule has 3 nitrogen and oxygen atoms in total. The summed E-state index contributed by atoms with van der Waals surface area (Å²) in [5.74, 6) is 0.169. The van der Waals surface area contributed by atoms with Gasteiger partial charge in [0.25, 0.3) is 5.91 Å². The number of likely N-dealkylation sites (tertiary alicyclic amines) is 1. The van der Waals surface area contributed by atoms with Gasteiger partial charge in [-0.05, 0) is 37.8 Å². The lowest BCUT2D eigenvalue weighted by atomic mass is 9.99. The smallest absolute Gasteiger partial charge is 0.282 e. The van der Waals surface area contributed by atoms with Crippen molar-refractivity contribution in [3.05, 3.63) is 29.3 Å². The van der Waals surface area contributed by atoms with E-state index in [0.717, 1.165) is 40.7 Å². The summed E-state index contributed by atoms with van der Waals surface area (Å²) in [6, 6.07) is 6.20. The van der Waals surface area contributed by atoms with Gasteiger partial charge >= 0.3 is 0 Å². The second-order valence-electron chi connectivity index (χ2n) is 6.27. The van der Waals surface area contributed by atoms with Crippen molar-refractivity contribution in [2.75, 3.05) is 26.0 Å². The van der Waals surface area contributed by atoms with Gasteiger partial charge in [0.2, 0.25) is 0 Å². The Bertz CT molecular complexity index is 459. The number of carbonyl (C=O) groups excluding carboxylic acids is 1. The molecular formula is C16H25N2O+. The molecule has 0 bridgehead atoms. The number of rotatable bonds is 2. The first-order chi connectivity index (χ1) is 8.92. The molecule has 0 spiro atoms. The average Bonchev–Trinajstić information content (AvgIpc) is 2.33. The van der Waals surface area contributed by atoms with Crippen molar-refractivity contribution >= 4 is 11.6 Å². The lowest BCUT2D eigenvalue weighted by Gasteiger charge is -2.40. The first kappa shape index (κ1) is 14.1. The monoisotopic (exact) mass is 261 g/mol. The van der Waals surface area contributed by atoms with Crippen LogP contribution in [0.2, 0.25) is 0 Å². The number of carbonyl (C=O) groups is 1. The number of aryl methyl sites for hydroxylation is 2. The van der Waals surface area contributed by atoms with Gasteiger partial charge in [-0.25, -0.2) is 0 Å². The summed E-state index contributed by atoms with van der Waals surface area (Å²) in [6.45, 7) is 5.18. The number of piperidine rings is 1. The summed E-state index contributed by atoms with van der Waals surface area (Å²) >= 11 is 0. The van der Waals surface area contributed by atoms with Crippen molar-refractivity contribution in [1.29, 1.82) is 0 Å². The highest BCUT2D eigenvalue weighted by molar-refractivity contribution is 5.95. The molecule has 1 fully saturated rings. The van der Waals surface area contributed by atoms with Crippen LogP contribution in [0.15, 0.2) is 18.2 Å². The Morgan fingerprint density at radius 2 is 1.84 bits per heavy atom. The van der Waals surface area contributed by atoms with E-state index in [9.17, 15) is 4.79 Å². The van der Waals surface area contributed by atoms with Crippen LogP contribution >= 0.6 is 0 Å². The van der Waals surface area contributed by atoms with Gasteiger partial charge in [0, 0.05) is 12.1 Å².